The van der Waals surface area contributed by atoms with Gasteiger partial charge in [0.25, 0.3) is 0 Å². The summed E-state index contributed by atoms with van der Waals surface area (Å²) in [6.45, 7) is 1.90. The van der Waals surface area contributed by atoms with Crippen LogP contribution >= 0.6 is 23.2 Å². The predicted molar refractivity (Wildman–Crippen MR) is 132 cm³/mol. The van der Waals surface area contributed by atoms with Crippen LogP contribution in [0, 0.1) is 6.92 Å². The Hall–Kier alpha value is -2.58. The van der Waals surface area contributed by atoms with Crippen LogP contribution in [-0.4, -0.2) is 21.2 Å². The second kappa shape index (κ2) is 9.73. The zero-order chi connectivity index (χ0) is 23.6. The number of benzene rings is 3. The van der Waals surface area contributed by atoms with Crippen molar-refractivity contribution in [3.63, 3.8) is 0 Å². The van der Waals surface area contributed by atoms with Crippen molar-refractivity contribution in [1.82, 2.24) is 10.1 Å². The van der Waals surface area contributed by atoms with Gasteiger partial charge in [-0.2, -0.15) is 9.82 Å². The van der Waals surface area contributed by atoms with Gasteiger partial charge >= 0.3 is 0 Å². The van der Waals surface area contributed by atoms with Gasteiger partial charge in [0.05, 0.1) is 29.8 Å². The number of halogens is 2. The van der Waals surface area contributed by atoms with Gasteiger partial charge in [-0.25, -0.2) is 8.42 Å². The fourth-order valence-corrected chi connectivity index (χ4v) is 5.38. The quantitative estimate of drug-likeness (QED) is 0.450. The van der Waals surface area contributed by atoms with Crippen molar-refractivity contribution in [2.45, 2.75) is 30.3 Å². The number of nitrogens with zero attached hydrogens (tertiary/aromatic N) is 1. The van der Waals surface area contributed by atoms with Crippen LogP contribution in [0.5, 0.6) is 5.75 Å². The average Bonchev–Trinajstić information content (AvgIpc) is 3.28. The molecule has 4 rings (SSSR count). The fourth-order valence-electron chi connectivity index (χ4n) is 3.66. The van der Waals surface area contributed by atoms with E-state index < -0.39 is 16.1 Å². The Morgan fingerprint density at radius 1 is 1.06 bits per heavy atom. The van der Waals surface area contributed by atoms with Crippen molar-refractivity contribution in [3.05, 3.63) is 93.5 Å². The minimum absolute atomic E-state index is 0.108. The van der Waals surface area contributed by atoms with Gasteiger partial charge in [-0.1, -0.05) is 59.1 Å². The van der Waals surface area contributed by atoms with Crippen LogP contribution in [-0.2, 0) is 10.0 Å². The summed E-state index contributed by atoms with van der Waals surface area (Å²) in [6.07, 6.45) is 0.492. The monoisotopic (exact) mass is 503 g/mol. The first-order chi connectivity index (χ1) is 15.8. The van der Waals surface area contributed by atoms with E-state index in [0.717, 1.165) is 16.9 Å². The Balaban J connectivity index is 1.65. The smallest absolute Gasteiger partial charge is 0.241 e. The fraction of sp³-hybridized carbons (Fsp3) is 0.208. The molecule has 9 heteroatoms. The highest BCUT2D eigenvalue weighted by Gasteiger charge is 2.32. The van der Waals surface area contributed by atoms with Crippen LogP contribution in [0.2, 0.25) is 10.0 Å². The van der Waals surface area contributed by atoms with Crippen molar-refractivity contribution in [3.8, 4) is 5.75 Å². The Morgan fingerprint density at radius 3 is 2.39 bits per heavy atom. The normalized spacial score (nSPS) is 16.7. The van der Waals surface area contributed by atoms with E-state index in [0.29, 0.717) is 27.7 Å². The first kappa shape index (κ1) is 23.6. The molecule has 0 bridgehead atoms. The van der Waals surface area contributed by atoms with Crippen LogP contribution in [0.15, 0.2) is 76.7 Å². The third-order valence-electron chi connectivity index (χ3n) is 5.51. The molecule has 1 heterocycles. The number of hydrazone groups is 1. The highest BCUT2D eigenvalue weighted by molar-refractivity contribution is 7.89. The van der Waals surface area contributed by atoms with E-state index in [1.807, 2.05) is 31.2 Å². The molecule has 2 atom stereocenters. The van der Waals surface area contributed by atoms with Gasteiger partial charge < -0.3 is 10.2 Å². The maximum absolute atomic E-state index is 13.2. The largest absolute Gasteiger partial charge is 0.497 e. The zero-order valence-electron chi connectivity index (χ0n) is 18.0. The van der Waals surface area contributed by atoms with Gasteiger partial charge in [-0.15, -0.1) is 0 Å². The van der Waals surface area contributed by atoms with Crippen LogP contribution < -0.4 is 14.9 Å². The highest BCUT2D eigenvalue weighted by Crippen LogP contribution is 2.33. The van der Waals surface area contributed by atoms with E-state index in [9.17, 15) is 8.42 Å². The Morgan fingerprint density at radius 2 is 1.76 bits per heavy atom. The highest BCUT2D eigenvalue weighted by atomic mass is 35.5. The predicted octanol–water partition coefficient (Wildman–Crippen LogP) is 5.42. The van der Waals surface area contributed by atoms with Crippen LogP contribution in [0.1, 0.15) is 35.2 Å². The molecule has 1 aliphatic heterocycles. The van der Waals surface area contributed by atoms with Crippen molar-refractivity contribution < 1.29 is 13.2 Å². The molecule has 1 aliphatic rings. The lowest BCUT2D eigenvalue weighted by Crippen LogP contribution is -2.33. The maximum Gasteiger partial charge on any atom is 0.241 e. The number of hydrogen-bond donors (Lipinski definition) is 2. The lowest BCUT2D eigenvalue weighted by molar-refractivity contribution is 0.414. The second-order valence-corrected chi connectivity index (χ2v) is 10.4. The SMILES string of the molecule is COc1ccc(C2CC(C(NS(=O)(=O)c3ccc(C)cc3)c3ccc(Cl)cc3Cl)=NN2)cc1. The van der Waals surface area contributed by atoms with Crippen molar-refractivity contribution in [2.24, 2.45) is 5.10 Å². The minimum Gasteiger partial charge on any atom is -0.497 e. The summed E-state index contributed by atoms with van der Waals surface area (Å²) in [5.41, 5.74) is 6.30. The molecule has 0 fully saturated rings. The van der Waals surface area contributed by atoms with Gasteiger partial charge in [-0.3, -0.25) is 0 Å². The first-order valence-electron chi connectivity index (χ1n) is 10.3. The molecule has 0 aromatic heterocycles. The van der Waals surface area contributed by atoms with Gasteiger partial charge in [0.15, 0.2) is 0 Å². The van der Waals surface area contributed by atoms with Crippen LogP contribution in [0.3, 0.4) is 0 Å². The number of ether oxygens (including phenoxy) is 1. The third kappa shape index (κ3) is 5.33. The molecule has 0 saturated heterocycles. The maximum atomic E-state index is 13.2. The topological polar surface area (TPSA) is 79.8 Å². The minimum atomic E-state index is -3.85. The average molecular weight is 504 g/mol. The van der Waals surface area contributed by atoms with Crippen molar-refractivity contribution in [1.29, 1.82) is 0 Å². The molecule has 33 heavy (non-hydrogen) atoms. The summed E-state index contributed by atoms with van der Waals surface area (Å²) in [6, 6.07) is 18.4. The molecular weight excluding hydrogens is 481 g/mol. The number of rotatable bonds is 7. The first-order valence-corrected chi connectivity index (χ1v) is 12.5. The van der Waals surface area contributed by atoms with Gasteiger partial charge in [-0.05, 0) is 54.4 Å². The summed E-state index contributed by atoms with van der Waals surface area (Å²) in [5, 5.41) is 5.31. The number of aryl methyl sites for hydroxylation is 1. The second-order valence-electron chi connectivity index (χ2n) is 7.80. The van der Waals surface area contributed by atoms with E-state index in [2.05, 4.69) is 15.2 Å². The van der Waals surface area contributed by atoms with Gasteiger partial charge in [0, 0.05) is 16.5 Å². The summed E-state index contributed by atoms with van der Waals surface area (Å²) < 4.78 is 34.4. The van der Waals surface area contributed by atoms with E-state index in [1.54, 1.807) is 49.6 Å². The lowest BCUT2D eigenvalue weighted by Gasteiger charge is -2.21. The molecule has 172 valence electrons. The summed E-state index contributed by atoms with van der Waals surface area (Å²) >= 11 is 12.6. The molecule has 3 aromatic carbocycles. The molecule has 0 saturated carbocycles. The zero-order valence-corrected chi connectivity index (χ0v) is 20.4. The Bertz CT molecular complexity index is 1280. The van der Waals surface area contributed by atoms with Crippen molar-refractivity contribution in [2.75, 3.05) is 7.11 Å². The van der Waals surface area contributed by atoms with Crippen molar-refractivity contribution >= 4 is 38.9 Å². The van der Waals surface area contributed by atoms with Crippen LogP contribution in [0.4, 0.5) is 0 Å². The third-order valence-corrected chi connectivity index (χ3v) is 7.51. The standard InChI is InChI=1S/C24H23Cl2N3O3S/c1-15-3-10-19(11-4-15)33(30,31)29-24(20-12-7-17(25)13-21(20)26)23-14-22(27-28-23)16-5-8-18(32-2)9-6-16/h3-13,22,24,27,29H,14H2,1-2H3. The number of sulfonamides is 1. The van der Waals surface area contributed by atoms with Gasteiger partial charge in [0.2, 0.25) is 10.0 Å². The van der Waals surface area contributed by atoms with Gasteiger partial charge in [0.1, 0.15) is 5.75 Å². The number of methoxy groups -OCH3 is 1. The summed E-state index contributed by atoms with van der Waals surface area (Å²) in [5.74, 6) is 0.759. The van der Waals surface area contributed by atoms with Crippen LogP contribution in [0.25, 0.3) is 0 Å². The molecule has 0 amide bonds. The summed E-state index contributed by atoms with van der Waals surface area (Å²) in [7, 11) is -2.23. The molecule has 0 spiro atoms. The van der Waals surface area contributed by atoms with E-state index in [-0.39, 0.29) is 10.9 Å². The van der Waals surface area contributed by atoms with E-state index in [1.165, 1.54) is 0 Å². The molecule has 0 aliphatic carbocycles. The Labute approximate surface area is 203 Å². The summed E-state index contributed by atoms with van der Waals surface area (Å²) in [4.78, 5) is 0.168. The molecule has 0 radical (unpaired) electrons. The lowest BCUT2D eigenvalue weighted by atomic mass is 9.96. The van der Waals surface area contributed by atoms with E-state index in [4.69, 9.17) is 27.9 Å². The molecular formula is C24H23Cl2N3O3S. The molecule has 2 N–H and O–H groups in total. The molecule has 2 unspecified atom stereocenters. The van der Waals surface area contributed by atoms with E-state index >= 15 is 0 Å². The number of nitrogens with one attached hydrogen (secondary N) is 2. The molecule has 3 aromatic rings. The molecule has 6 nitrogen and oxygen atoms in total. The number of hydrogen-bond acceptors (Lipinski definition) is 5. The Kier molecular flexibility index (Phi) is 6.95.